The van der Waals surface area contributed by atoms with E-state index in [2.05, 4.69) is 5.32 Å². The van der Waals surface area contributed by atoms with Crippen LogP contribution in [0.25, 0.3) is 0 Å². The predicted octanol–water partition coefficient (Wildman–Crippen LogP) is 2.00. The Morgan fingerprint density at radius 1 is 1.67 bits per heavy atom. The number of halogens is 1. The molecule has 0 aromatic carbocycles. The van der Waals surface area contributed by atoms with Gasteiger partial charge in [0.2, 0.25) is 5.91 Å². The summed E-state index contributed by atoms with van der Waals surface area (Å²) in [5.41, 5.74) is 5.38. The molecule has 0 saturated heterocycles. The first-order valence-corrected chi connectivity index (χ1v) is 6.05. The number of carbonyl (C=O) groups excluding carboxylic acids is 1. The van der Waals surface area contributed by atoms with Crippen molar-refractivity contribution in [2.45, 2.75) is 19.9 Å². The molecule has 0 aliphatic rings. The SMILES string of the molecule is CC(CCN)C(=O)NCc1ccc(Cl)s1. The summed E-state index contributed by atoms with van der Waals surface area (Å²) in [5.74, 6) is 0.0235. The van der Waals surface area contributed by atoms with E-state index in [1.54, 1.807) is 0 Å². The molecule has 3 N–H and O–H groups in total. The monoisotopic (exact) mass is 246 g/mol. The van der Waals surface area contributed by atoms with E-state index in [0.29, 0.717) is 13.1 Å². The lowest BCUT2D eigenvalue weighted by Crippen LogP contribution is -2.29. The maximum atomic E-state index is 11.5. The van der Waals surface area contributed by atoms with E-state index in [1.807, 2.05) is 19.1 Å². The van der Waals surface area contributed by atoms with Crippen molar-refractivity contribution < 1.29 is 4.79 Å². The van der Waals surface area contributed by atoms with Gasteiger partial charge in [-0.05, 0) is 25.1 Å². The van der Waals surface area contributed by atoms with Gasteiger partial charge in [-0.15, -0.1) is 11.3 Å². The number of thiophene rings is 1. The van der Waals surface area contributed by atoms with Gasteiger partial charge in [-0.3, -0.25) is 4.79 Å². The van der Waals surface area contributed by atoms with Crippen molar-refractivity contribution in [2.75, 3.05) is 6.54 Å². The summed E-state index contributed by atoms with van der Waals surface area (Å²) in [7, 11) is 0. The number of amides is 1. The first-order valence-electron chi connectivity index (χ1n) is 4.85. The third-order valence-corrected chi connectivity index (χ3v) is 3.34. The smallest absolute Gasteiger partial charge is 0.223 e. The van der Waals surface area contributed by atoms with Gasteiger partial charge in [-0.1, -0.05) is 18.5 Å². The Labute approximate surface area is 98.6 Å². The molecule has 1 aromatic heterocycles. The predicted molar refractivity (Wildman–Crippen MR) is 64.0 cm³/mol. The van der Waals surface area contributed by atoms with Crippen LogP contribution in [0.3, 0.4) is 0 Å². The molecule has 1 amide bonds. The molecule has 1 rings (SSSR count). The number of hydrogen-bond acceptors (Lipinski definition) is 3. The topological polar surface area (TPSA) is 55.1 Å². The Balaban J connectivity index is 2.34. The lowest BCUT2D eigenvalue weighted by molar-refractivity contribution is -0.124. The minimum Gasteiger partial charge on any atom is -0.351 e. The molecule has 3 nitrogen and oxygen atoms in total. The summed E-state index contributed by atoms with van der Waals surface area (Å²) in [6.45, 7) is 2.97. The zero-order valence-corrected chi connectivity index (χ0v) is 10.2. The third kappa shape index (κ3) is 4.20. The van der Waals surface area contributed by atoms with E-state index in [4.69, 9.17) is 17.3 Å². The molecule has 1 atom stereocenters. The van der Waals surface area contributed by atoms with E-state index in [-0.39, 0.29) is 11.8 Å². The van der Waals surface area contributed by atoms with Crippen LogP contribution >= 0.6 is 22.9 Å². The minimum atomic E-state index is -0.0227. The van der Waals surface area contributed by atoms with Crippen molar-refractivity contribution in [1.82, 2.24) is 5.32 Å². The highest BCUT2D eigenvalue weighted by atomic mass is 35.5. The highest BCUT2D eigenvalue weighted by Crippen LogP contribution is 2.21. The summed E-state index contributed by atoms with van der Waals surface area (Å²) in [6, 6.07) is 3.75. The Bertz CT molecular complexity index is 327. The Morgan fingerprint density at radius 3 is 2.93 bits per heavy atom. The summed E-state index contributed by atoms with van der Waals surface area (Å²) in [5, 5.41) is 2.85. The summed E-state index contributed by atoms with van der Waals surface area (Å²) >= 11 is 7.26. The van der Waals surface area contributed by atoms with E-state index in [0.717, 1.165) is 15.6 Å². The van der Waals surface area contributed by atoms with Crippen LogP contribution in [0.15, 0.2) is 12.1 Å². The normalized spacial score (nSPS) is 12.5. The molecule has 1 unspecified atom stereocenters. The van der Waals surface area contributed by atoms with Gasteiger partial charge in [0.1, 0.15) is 0 Å². The molecule has 1 heterocycles. The molecule has 0 saturated carbocycles. The standard InChI is InChI=1S/C10H15ClN2OS/c1-7(4-5-12)10(14)13-6-8-2-3-9(11)15-8/h2-3,7H,4-6,12H2,1H3,(H,13,14). The number of nitrogens with two attached hydrogens (primary N) is 1. The summed E-state index contributed by atoms with van der Waals surface area (Å²) in [4.78, 5) is 12.6. The van der Waals surface area contributed by atoms with Crippen molar-refractivity contribution in [1.29, 1.82) is 0 Å². The van der Waals surface area contributed by atoms with E-state index in [1.165, 1.54) is 11.3 Å². The molecular formula is C10H15ClN2OS. The molecule has 0 bridgehead atoms. The van der Waals surface area contributed by atoms with Crippen molar-refractivity contribution in [2.24, 2.45) is 11.7 Å². The van der Waals surface area contributed by atoms with Gasteiger partial charge in [0.25, 0.3) is 0 Å². The maximum Gasteiger partial charge on any atom is 0.223 e. The molecule has 0 aliphatic heterocycles. The minimum absolute atomic E-state index is 0.0227. The second kappa shape index (κ2) is 6.10. The van der Waals surface area contributed by atoms with Crippen LogP contribution in [0.1, 0.15) is 18.2 Å². The van der Waals surface area contributed by atoms with Crippen molar-refractivity contribution >= 4 is 28.8 Å². The molecule has 5 heteroatoms. The highest BCUT2D eigenvalue weighted by molar-refractivity contribution is 7.16. The molecule has 0 aliphatic carbocycles. The van der Waals surface area contributed by atoms with Crippen LogP contribution < -0.4 is 11.1 Å². The van der Waals surface area contributed by atoms with Gasteiger partial charge in [-0.25, -0.2) is 0 Å². The number of hydrogen-bond donors (Lipinski definition) is 2. The van der Waals surface area contributed by atoms with Crippen LogP contribution in [0.5, 0.6) is 0 Å². The van der Waals surface area contributed by atoms with Gasteiger partial charge >= 0.3 is 0 Å². The molecule has 15 heavy (non-hydrogen) atoms. The second-order valence-corrected chi connectivity index (χ2v) is 5.20. The van der Waals surface area contributed by atoms with Gasteiger partial charge < -0.3 is 11.1 Å². The Morgan fingerprint density at radius 2 is 2.40 bits per heavy atom. The molecule has 0 spiro atoms. The van der Waals surface area contributed by atoms with Crippen LogP contribution in [-0.4, -0.2) is 12.5 Å². The molecule has 0 fully saturated rings. The van der Waals surface area contributed by atoms with Crippen LogP contribution in [0, 0.1) is 5.92 Å². The number of nitrogens with one attached hydrogen (secondary N) is 1. The van der Waals surface area contributed by atoms with Gasteiger partial charge in [0.15, 0.2) is 0 Å². The Kier molecular flexibility index (Phi) is 5.08. The first kappa shape index (κ1) is 12.5. The molecule has 0 radical (unpaired) electrons. The van der Waals surface area contributed by atoms with Crippen molar-refractivity contribution in [3.63, 3.8) is 0 Å². The van der Waals surface area contributed by atoms with Crippen molar-refractivity contribution in [3.05, 3.63) is 21.3 Å². The van der Waals surface area contributed by atoms with E-state index in [9.17, 15) is 4.79 Å². The molecule has 84 valence electrons. The van der Waals surface area contributed by atoms with Gasteiger partial charge in [0.05, 0.1) is 10.9 Å². The lowest BCUT2D eigenvalue weighted by Gasteiger charge is -2.09. The molecule has 1 aromatic rings. The van der Waals surface area contributed by atoms with Crippen molar-refractivity contribution in [3.8, 4) is 0 Å². The maximum absolute atomic E-state index is 11.5. The average Bonchev–Trinajstić information content (AvgIpc) is 2.61. The van der Waals surface area contributed by atoms with E-state index < -0.39 is 0 Å². The lowest BCUT2D eigenvalue weighted by atomic mass is 10.1. The van der Waals surface area contributed by atoms with Crippen LogP contribution in [0.4, 0.5) is 0 Å². The first-order chi connectivity index (χ1) is 7.13. The van der Waals surface area contributed by atoms with Crippen LogP contribution in [0.2, 0.25) is 4.34 Å². The van der Waals surface area contributed by atoms with Gasteiger partial charge in [-0.2, -0.15) is 0 Å². The average molecular weight is 247 g/mol. The number of rotatable bonds is 5. The third-order valence-electron chi connectivity index (χ3n) is 2.11. The van der Waals surface area contributed by atoms with E-state index >= 15 is 0 Å². The quantitative estimate of drug-likeness (QED) is 0.835. The largest absolute Gasteiger partial charge is 0.351 e. The van der Waals surface area contributed by atoms with Crippen LogP contribution in [-0.2, 0) is 11.3 Å². The number of carbonyl (C=O) groups is 1. The molecular weight excluding hydrogens is 232 g/mol. The zero-order chi connectivity index (χ0) is 11.3. The second-order valence-electron chi connectivity index (χ2n) is 3.40. The summed E-state index contributed by atoms with van der Waals surface area (Å²) < 4.78 is 0.745. The Hall–Kier alpha value is -0.580. The fourth-order valence-electron chi connectivity index (χ4n) is 1.18. The fourth-order valence-corrected chi connectivity index (χ4v) is 2.20. The zero-order valence-electron chi connectivity index (χ0n) is 8.63. The van der Waals surface area contributed by atoms with Gasteiger partial charge in [0, 0.05) is 10.8 Å². The summed E-state index contributed by atoms with van der Waals surface area (Å²) in [6.07, 6.45) is 0.719. The highest BCUT2D eigenvalue weighted by Gasteiger charge is 2.11. The fraction of sp³-hybridized carbons (Fsp3) is 0.500.